The number of para-hydroxylation sites is 1. The van der Waals surface area contributed by atoms with Crippen molar-refractivity contribution < 1.29 is 0 Å². The Labute approximate surface area is 127 Å². The van der Waals surface area contributed by atoms with E-state index in [4.69, 9.17) is 0 Å². The van der Waals surface area contributed by atoms with Crippen molar-refractivity contribution in [3.8, 4) is 0 Å². The molecule has 1 aromatic carbocycles. The molecule has 2 heteroatoms. The van der Waals surface area contributed by atoms with E-state index in [0.29, 0.717) is 0 Å². The number of hydrogen-bond acceptors (Lipinski definition) is 1. The van der Waals surface area contributed by atoms with E-state index in [9.17, 15) is 0 Å². The topological polar surface area (TPSA) is 19.0 Å². The molecule has 21 heavy (non-hydrogen) atoms. The van der Waals surface area contributed by atoms with E-state index in [1.165, 1.54) is 61.8 Å². The van der Waals surface area contributed by atoms with Gasteiger partial charge >= 0.3 is 0 Å². The fraction of sp³-hybridized carbons (Fsp3) is 0.579. The molecule has 1 N–H and O–H groups in total. The Kier molecular flexibility index (Phi) is 3.11. The fourth-order valence-electron chi connectivity index (χ4n) is 4.83. The first kappa shape index (κ1) is 13.4. The van der Waals surface area contributed by atoms with Gasteiger partial charge in [0.15, 0.2) is 0 Å². The maximum atomic E-state index is 3.79. The van der Waals surface area contributed by atoms with Gasteiger partial charge in [0.25, 0.3) is 0 Å². The van der Waals surface area contributed by atoms with E-state index >= 15 is 0 Å². The monoisotopic (exact) mass is 282 g/mol. The van der Waals surface area contributed by atoms with Gasteiger partial charge in [0.05, 0.1) is 5.54 Å². The van der Waals surface area contributed by atoms with E-state index in [1.807, 2.05) is 0 Å². The van der Waals surface area contributed by atoms with Gasteiger partial charge in [-0.25, -0.2) is 0 Å². The van der Waals surface area contributed by atoms with Gasteiger partial charge in [0, 0.05) is 23.1 Å². The maximum Gasteiger partial charge on any atom is 0.0589 e. The van der Waals surface area contributed by atoms with Crippen LogP contribution in [0.1, 0.15) is 50.8 Å². The molecule has 2 atom stereocenters. The third-order valence-corrected chi connectivity index (χ3v) is 5.77. The molecule has 0 saturated carbocycles. The number of aryl methyl sites for hydroxylation is 1. The average Bonchev–Trinajstić information content (AvgIpc) is 2.96. The van der Waals surface area contributed by atoms with Crippen LogP contribution in [0, 0.1) is 5.92 Å². The van der Waals surface area contributed by atoms with Crippen molar-refractivity contribution >= 4 is 10.9 Å². The molecule has 0 spiro atoms. The van der Waals surface area contributed by atoms with E-state index in [-0.39, 0.29) is 5.54 Å². The number of nitrogens with zero attached hydrogens (tertiary/aromatic N) is 1. The summed E-state index contributed by atoms with van der Waals surface area (Å²) in [6.45, 7) is 7.34. The molecule has 4 rings (SSSR count). The molecule has 0 bridgehead atoms. The van der Waals surface area contributed by atoms with Crippen LogP contribution in [0.5, 0.6) is 0 Å². The minimum Gasteiger partial charge on any atom is -0.357 e. The molecule has 2 aromatic rings. The molecule has 112 valence electrons. The van der Waals surface area contributed by atoms with Crippen molar-refractivity contribution in [2.45, 2.75) is 51.5 Å². The number of aromatic nitrogens is 1. The number of rotatable bonds is 2. The summed E-state index contributed by atoms with van der Waals surface area (Å²) in [6.07, 6.45) is 6.53. The summed E-state index contributed by atoms with van der Waals surface area (Å²) in [7, 11) is 0. The van der Waals surface area contributed by atoms with Crippen LogP contribution >= 0.6 is 0 Å². The highest BCUT2D eigenvalue weighted by Gasteiger charge is 2.45. The zero-order valence-electron chi connectivity index (χ0n) is 13.3. The zero-order chi connectivity index (χ0) is 14.4. The smallest absolute Gasteiger partial charge is 0.0589 e. The number of nitrogens with one attached hydrogen (secondary N) is 1. The van der Waals surface area contributed by atoms with Crippen LogP contribution in [0.3, 0.4) is 0 Å². The van der Waals surface area contributed by atoms with Gasteiger partial charge in [-0.2, -0.15) is 0 Å². The second-order valence-electron chi connectivity index (χ2n) is 7.21. The van der Waals surface area contributed by atoms with Gasteiger partial charge in [-0.05, 0) is 56.7 Å². The van der Waals surface area contributed by atoms with Crippen LogP contribution in [0.4, 0.5) is 0 Å². The van der Waals surface area contributed by atoms with Crippen LogP contribution in [0.15, 0.2) is 24.3 Å². The Morgan fingerprint density at radius 2 is 2.19 bits per heavy atom. The van der Waals surface area contributed by atoms with Crippen molar-refractivity contribution in [3.63, 3.8) is 0 Å². The lowest BCUT2D eigenvalue weighted by Crippen LogP contribution is -2.38. The Morgan fingerprint density at radius 1 is 1.33 bits per heavy atom. The Balaban J connectivity index is 1.83. The molecule has 2 unspecified atom stereocenters. The van der Waals surface area contributed by atoms with Crippen molar-refractivity contribution in [2.75, 3.05) is 13.1 Å². The standard InChI is InChI=1S/C19H26N2/c1-3-7-14-12-19(2)18-16(9-6-11-21(19)13-14)15-8-4-5-10-17(15)20-18/h4-5,8,10,14,20H,3,6-7,9,11-13H2,1-2H3. The molecular formula is C19H26N2. The highest BCUT2D eigenvalue weighted by atomic mass is 15.2. The summed E-state index contributed by atoms with van der Waals surface area (Å²) >= 11 is 0. The summed E-state index contributed by atoms with van der Waals surface area (Å²) in [5, 5.41) is 1.45. The Hall–Kier alpha value is -1.28. The minimum atomic E-state index is 0.227. The lowest BCUT2D eigenvalue weighted by atomic mass is 9.87. The van der Waals surface area contributed by atoms with Crippen molar-refractivity contribution in [2.24, 2.45) is 5.92 Å². The maximum absolute atomic E-state index is 3.79. The lowest BCUT2D eigenvalue weighted by molar-refractivity contribution is 0.157. The van der Waals surface area contributed by atoms with Gasteiger partial charge < -0.3 is 4.98 Å². The second kappa shape index (κ2) is 4.88. The highest BCUT2D eigenvalue weighted by Crippen LogP contribution is 2.46. The molecule has 2 aliphatic heterocycles. The number of aromatic amines is 1. The van der Waals surface area contributed by atoms with E-state index in [0.717, 1.165) is 5.92 Å². The van der Waals surface area contributed by atoms with Crippen molar-refractivity contribution in [3.05, 3.63) is 35.5 Å². The van der Waals surface area contributed by atoms with E-state index in [2.05, 4.69) is 48.0 Å². The third kappa shape index (κ3) is 1.96. The first-order chi connectivity index (χ1) is 10.2. The van der Waals surface area contributed by atoms with Gasteiger partial charge in [0.1, 0.15) is 0 Å². The Bertz CT molecular complexity index is 657. The minimum absolute atomic E-state index is 0.227. The lowest BCUT2D eigenvalue weighted by Gasteiger charge is -2.33. The van der Waals surface area contributed by atoms with Crippen LogP contribution in [-0.4, -0.2) is 23.0 Å². The summed E-state index contributed by atoms with van der Waals surface area (Å²) in [6, 6.07) is 8.85. The molecular weight excluding hydrogens is 256 g/mol. The second-order valence-corrected chi connectivity index (χ2v) is 7.21. The fourth-order valence-corrected chi connectivity index (χ4v) is 4.83. The SMILES string of the molecule is CCCC1CN2CCCc3c([nH]c4ccccc34)C2(C)C1. The first-order valence-corrected chi connectivity index (χ1v) is 8.57. The van der Waals surface area contributed by atoms with Crippen molar-refractivity contribution in [1.82, 2.24) is 9.88 Å². The van der Waals surface area contributed by atoms with Crippen LogP contribution in [0.2, 0.25) is 0 Å². The summed E-state index contributed by atoms with van der Waals surface area (Å²) in [5.74, 6) is 0.873. The predicted octanol–water partition coefficient (Wildman–Crippen LogP) is 4.45. The molecule has 1 saturated heterocycles. The van der Waals surface area contributed by atoms with Gasteiger partial charge in [0.2, 0.25) is 0 Å². The molecule has 1 fully saturated rings. The summed E-state index contributed by atoms with van der Waals surface area (Å²) in [5.41, 5.74) is 4.65. The van der Waals surface area contributed by atoms with Gasteiger partial charge in [-0.15, -0.1) is 0 Å². The first-order valence-electron chi connectivity index (χ1n) is 8.57. The van der Waals surface area contributed by atoms with Crippen LogP contribution < -0.4 is 0 Å². The molecule has 3 heterocycles. The number of fused-ring (bicyclic) bond motifs is 5. The Morgan fingerprint density at radius 3 is 3.05 bits per heavy atom. The number of benzene rings is 1. The third-order valence-electron chi connectivity index (χ3n) is 5.77. The zero-order valence-corrected chi connectivity index (χ0v) is 13.3. The average molecular weight is 282 g/mol. The van der Waals surface area contributed by atoms with Crippen LogP contribution in [-0.2, 0) is 12.0 Å². The summed E-state index contributed by atoms with van der Waals surface area (Å²) < 4.78 is 0. The molecule has 1 aromatic heterocycles. The van der Waals surface area contributed by atoms with Crippen LogP contribution in [0.25, 0.3) is 10.9 Å². The van der Waals surface area contributed by atoms with Crippen molar-refractivity contribution in [1.29, 1.82) is 0 Å². The quantitative estimate of drug-likeness (QED) is 0.862. The normalized spacial score (nSPS) is 29.3. The summed E-state index contributed by atoms with van der Waals surface area (Å²) in [4.78, 5) is 6.55. The van der Waals surface area contributed by atoms with E-state index < -0.39 is 0 Å². The highest BCUT2D eigenvalue weighted by molar-refractivity contribution is 5.85. The van der Waals surface area contributed by atoms with Gasteiger partial charge in [-0.1, -0.05) is 31.5 Å². The number of H-pyrrole nitrogens is 1. The predicted molar refractivity (Wildman–Crippen MR) is 88.6 cm³/mol. The molecule has 0 amide bonds. The largest absolute Gasteiger partial charge is 0.357 e. The molecule has 0 aliphatic carbocycles. The molecule has 2 aliphatic rings. The molecule has 2 nitrogen and oxygen atoms in total. The van der Waals surface area contributed by atoms with E-state index in [1.54, 1.807) is 5.56 Å². The number of hydrogen-bond donors (Lipinski definition) is 1. The van der Waals surface area contributed by atoms with Gasteiger partial charge in [-0.3, -0.25) is 4.90 Å². The molecule has 0 radical (unpaired) electrons.